The minimum Gasteiger partial charge on any atom is -0.370 e. The molecule has 0 fully saturated rings. The van der Waals surface area contributed by atoms with Crippen LogP contribution in [-0.4, -0.2) is 6.04 Å². The summed E-state index contributed by atoms with van der Waals surface area (Å²) in [5.74, 6) is 2.37. The van der Waals surface area contributed by atoms with Crippen molar-refractivity contribution in [2.75, 3.05) is 5.32 Å². The standard InChI is InChI=1S/C12H11ClF3N/c1-3-8(4-2)17-11-9(12(14,15)16)6-5-7-10(11)13/h1,5-8,17H,4H2,2H3. The quantitative estimate of drug-likeness (QED) is 0.805. The Hall–Kier alpha value is -1.34. The smallest absolute Gasteiger partial charge is 0.370 e. The number of hydrogen-bond donors (Lipinski definition) is 1. The lowest BCUT2D eigenvalue weighted by Gasteiger charge is -2.18. The molecule has 17 heavy (non-hydrogen) atoms. The second kappa shape index (κ2) is 5.33. The van der Waals surface area contributed by atoms with Crippen molar-refractivity contribution in [2.24, 2.45) is 0 Å². The first-order valence-electron chi connectivity index (χ1n) is 4.98. The molecule has 5 heteroatoms. The van der Waals surface area contributed by atoms with Gasteiger partial charge in [-0.3, -0.25) is 0 Å². The minimum absolute atomic E-state index is 0.00789. The summed E-state index contributed by atoms with van der Waals surface area (Å²) in [5, 5.41) is 2.64. The molecule has 0 aliphatic carbocycles. The van der Waals surface area contributed by atoms with Gasteiger partial charge >= 0.3 is 6.18 Å². The van der Waals surface area contributed by atoms with E-state index in [2.05, 4.69) is 11.2 Å². The number of anilines is 1. The second-order valence-corrected chi connectivity index (χ2v) is 3.84. The first-order chi connectivity index (χ1) is 7.90. The van der Waals surface area contributed by atoms with Gasteiger partial charge in [-0.2, -0.15) is 13.2 Å². The van der Waals surface area contributed by atoms with Crippen LogP contribution in [0.1, 0.15) is 18.9 Å². The molecule has 0 spiro atoms. The summed E-state index contributed by atoms with van der Waals surface area (Å²) >= 11 is 5.76. The van der Waals surface area contributed by atoms with Crippen LogP contribution in [0, 0.1) is 12.3 Å². The van der Waals surface area contributed by atoms with E-state index in [1.165, 1.54) is 12.1 Å². The number of nitrogens with one attached hydrogen (secondary N) is 1. The van der Waals surface area contributed by atoms with E-state index in [1.54, 1.807) is 6.92 Å². The summed E-state index contributed by atoms with van der Waals surface area (Å²) in [5.41, 5.74) is -0.967. The first-order valence-corrected chi connectivity index (χ1v) is 5.36. The number of halogens is 4. The summed E-state index contributed by atoms with van der Waals surface area (Å²) in [6, 6.07) is 3.14. The summed E-state index contributed by atoms with van der Waals surface area (Å²) in [7, 11) is 0. The molecule has 1 unspecified atom stereocenters. The van der Waals surface area contributed by atoms with E-state index in [9.17, 15) is 13.2 Å². The van der Waals surface area contributed by atoms with Gasteiger partial charge in [0.05, 0.1) is 22.3 Å². The molecule has 0 aromatic heterocycles. The van der Waals surface area contributed by atoms with Gasteiger partial charge in [0.1, 0.15) is 0 Å². The monoisotopic (exact) mass is 261 g/mol. The first kappa shape index (κ1) is 13.7. The van der Waals surface area contributed by atoms with Crippen LogP contribution in [-0.2, 0) is 6.18 Å². The zero-order valence-electron chi connectivity index (χ0n) is 9.11. The molecule has 0 heterocycles. The molecule has 1 N–H and O–H groups in total. The van der Waals surface area contributed by atoms with Gasteiger partial charge in [-0.05, 0) is 18.6 Å². The second-order valence-electron chi connectivity index (χ2n) is 3.43. The fourth-order valence-corrected chi connectivity index (χ4v) is 1.57. The highest BCUT2D eigenvalue weighted by Crippen LogP contribution is 2.38. The number of para-hydroxylation sites is 1. The van der Waals surface area contributed by atoms with Crippen molar-refractivity contribution >= 4 is 17.3 Å². The fraction of sp³-hybridized carbons (Fsp3) is 0.333. The van der Waals surface area contributed by atoms with Crippen LogP contribution in [0.3, 0.4) is 0 Å². The van der Waals surface area contributed by atoms with Gasteiger partial charge in [0.25, 0.3) is 0 Å². The Morgan fingerprint density at radius 3 is 2.59 bits per heavy atom. The molecule has 0 bridgehead atoms. The molecule has 0 saturated carbocycles. The third-order valence-electron chi connectivity index (χ3n) is 2.25. The zero-order valence-corrected chi connectivity index (χ0v) is 9.86. The Morgan fingerprint density at radius 1 is 1.47 bits per heavy atom. The summed E-state index contributed by atoms with van der Waals surface area (Å²) < 4.78 is 38.2. The Bertz CT molecular complexity index is 434. The van der Waals surface area contributed by atoms with Crippen LogP contribution in [0.4, 0.5) is 18.9 Å². The van der Waals surface area contributed by atoms with Crippen LogP contribution in [0.15, 0.2) is 18.2 Å². The van der Waals surface area contributed by atoms with Crippen molar-refractivity contribution in [3.05, 3.63) is 28.8 Å². The molecule has 0 saturated heterocycles. The lowest BCUT2D eigenvalue weighted by Crippen LogP contribution is -2.19. The molecule has 0 aliphatic heterocycles. The molecule has 1 aromatic carbocycles. The van der Waals surface area contributed by atoms with Gasteiger partial charge in [-0.25, -0.2) is 0 Å². The van der Waals surface area contributed by atoms with E-state index >= 15 is 0 Å². The van der Waals surface area contributed by atoms with Crippen LogP contribution in [0.2, 0.25) is 5.02 Å². The SMILES string of the molecule is C#CC(CC)Nc1c(Cl)cccc1C(F)(F)F. The molecule has 0 amide bonds. The van der Waals surface area contributed by atoms with Crippen molar-refractivity contribution in [1.82, 2.24) is 0 Å². The zero-order chi connectivity index (χ0) is 13.1. The summed E-state index contributed by atoms with van der Waals surface area (Å²) in [4.78, 5) is 0. The molecular weight excluding hydrogens is 251 g/mol. The molecule has 1 rings (SSSR count). The maximum absolute atomic E-state index is 12.7. The van der Waals surface area contributed by atoms with Crippen molar-refractivity contribution in [1.29, 1.82) is 0 Å². The molecular formula is C12H11ClF3N. The molecule has 1 nitrogen and oxygen atoms in total. The Balaban J connectivity index is 3.18. The van der Waals surface area contributed by atoms with E-state index < -0.39 is 17.8 Å². The Morgan fingerprint density at radius 2 is 2.12 bits per heavy atom. The molecule has 0 aliphatic rings. The maximum atomic E-state index is 12.7. The van der Waals surface area contributed by atoms with E-state index in [1.807, 2.05) is 0 Å². The minimum atomic E-state index is -4.46. The topological polar surface area (TPSA) is 12.0 Å². The maximum Gasteiger partial charge on any atom is 0.418 e. The van der Waals surface area contributed by atoms with Crippen molar-refractivity contribution in [3.63, 3.8) is 0 Å². The van der Waals surface area contributed by atoms with Gasteiger partial charge in [0, 0.05) is 0 Å². The highest BCUT2D eigenvalue weighted by atomic mass is 35.5. The number of terminal acetylenes is 1. The predicted octanol–water partition coefficient (Wildman–Crippen LogP) is 4.18. The van der Waals surface area contributed by atoms with Crippen LogP contribution in [0.25, 0.3) is 0 Å². The highest BCUT2D eigenvalue weighted by Gasteiger charge is 2.34. The van der Waals surface area contributed by atoms with E-state index in [4.69, 9.17) is 18.0 Å². The highest BCUT2D eigenvalue weighted by molar-refractivity contribution is 6.33. The van der Waals surface area contributed by atoms with Crippen LogP contribution >= 0.6 is 11.6 Å². The van der Waals surface area contributed by atoms with E-state index in [-0.39, 0.29) is 10.7 Å². The lowest BCUT2D eigenvalue weighted by atomic mass is 10.1. The lowest BCUT2D eigenvalue weighted by molar-refractivity contribution is -0.136. The molecule has 0 radical (unpaired) electrons. The van der Waals surface area contributed by atoms with Crippen molar-refractivity contribution < 1.29 is 13.2 Å². The van der Waals surface area contributed by atoms with Crippen LogP contribution < -0.4 is 5.32 Å². The predicted molar refractivity (Wildman–Crippen MR) is 63.0 cm³/mol. The van der Waals surface area contributed by atoms with Crippen molar-refractivity contribution in [2.45, 2.75) is 25.6 Å². The third kappa shape index (κ3) is 3.31. The van der Waals surface area contributed by atoms with E-state index in [0.717, 1.165) is 6.07 Å². The average molecular weight is 262 g/mol. The Labute approximate surface area is 103 Å². The molecule has 1 aromatic rings. The summed E-state index contributed by atoms with van der Waals surface area (Å²) in [6.45, 7) is 1.78. The molecule has 1 atom stereocenters. The largest absolute Gasteiger partial charge is 0.418 e. The number of alkyl halides is 3. The van der Waals surface area contributed by atoms with Gasteiger partial charge in [-0.15, -0.1) is 6.42 Å². The number of hydrogen-bond acceptors (Lipinski definition) is 1. The number of rotatable bonds is 3. The number of benzene rings is 1. The van der Waals surface area contributed by atoms with Gasteiger partial charge in [0.15, 0.2) is 0 Å². The van der Waals surface area contributed by atoms with Crippen LogP contribution in [0.5, 0.6) is 0 Å². The normalized spacial score (nSPS) is 12.9. The third-order valence-corrected chi connectivity index (χ3v) is 2.56. The fourth-order valence-electron chi connectivity index (χ4n) is 1.34. The molecule has 92 valence electrons. The van der Waals surface area contributed by atoms with Crippen molar-refractivity contribution in [3.8, 4) is 12.3 Å². The average Bonchev–Trinajstić information content (AvgIpc) is 2.26. The van der Waals surface area contributed by atoms with Gasteiger partial charge in [-0.1, -0.05) is 30.5 Å². The van der Waals surface area contributed by atoms with Gasteiger partial charge < -0.3 is 5.32 Å². The van der Waals surface area contributed by atoms with E-state index in [0.29, 0.717) is 6.42 Å². The van der Waals surface area contributed by atoms with Gasteiger partial charge in [0.2, 0.25) is 0 Å². The summed E-state index contributed by atoms with van der Waals surface area (Å²) in [6.07, 6.45) is 1.26. The Kier molecular flexibility index (Phi) is 4.30.